The Morgan fingerprint density at radius 2 is 1.93 bits per heavy atom. The summed E-state index contributed by atoms with van der Waals surface area (Å²) in [5, 5.41) is 4.47. The first-order valence-corrected chi connectivity index (χ1v) is 16.2. The summed E-state index contributed by atoms with van der Waals surface area (Å²) >= 11 is 0. The summed E-state index contributed by atoms with van der Waals surface area (Å²) in [6.45, 7) is 15.4. The molecule has 0 amide bonds. The van der Waals surface area contributed by atoms with Crippen molar-refractivity contribution < 1.29 is 14.2 Å². The van der Waals surface area contributed by atoms with Crippen molar-refractivity contribution in [2.45, 2.75) is 127 Å². The van der Waals surface area contributed by atoms with Gasteiger partial charge in [0.2, 0.25) is 0 Å². The van der Waals surface area contributed by atoms with Crippen LogP contribution in [0.1, 0.15) is 90.9 Å². The minimum atomic E-state index is -0.689. The topological polar surface area (TPSA) is 116 Å². The minimum Gasteiger partial charge on any atom is -0.382 e. The van der Waals surface area contributed by atoms with Crippen LogP contribution in [0.2, 0.25) is 0 Å². The molecule has 3 aromatic heterocycles. The fourth-order valence-electron chi connectivity index (χ4n) is 8.34. The van der Waals surface area contributed by atoms with Crippen molar-refractivity contribution in [1.82, 2.24) is 29.5 Å². The zero-order chi connectivity index (χ0) is 30.8. The Bertz CT molecular complexity index is 1730. The van der Waals surface area contributed by atoms with Crippen molar-refractivity contribution >= 4 is 22.4 Å². The van der Waals surface area contributed by atoms with Crippen molar-refractivity contribution in [3.63, 3.8) is 0 Å². The van der Waals surface area contributed by atoms with Crippen LogP contribution in [0.15, 0.2) is 36.7 Å². The summed E-state index contributed by atoms with van der Waals surface area (Å²) in [5.74, 6) is 1.55. The number of rotatable bonds is 7. The number of H-pyrrole nitrogens is 1. The Labute approximate surface area is 258 Å². The number of benzene rings is 1. The fraction of sp³-hybridized carbons (Fsp3) is 0.618. The van der Waals surface area contributed by atoms with Crippen LogP contribution in [-0.2, 0) is 26.0 Å². The van der Waals surface area contributed by atoms with E-state index in [1.165, 1.54) is 24.7 Å². The number of nitrogens with one attached hydrogen (secondary N) is 1. The lowest BCUT2D eigenvalue weighted by Gasteiger charge is -2.46. The SMILES string of the molecule is CC(C)N(C1CC(CCc2nc3ccc(C(C)(C)C)cc3[nH]2)C1)C1C2OC(c3ccc4c(N)ncnn34)C3OC(C)(C)OC321. The number of anilines is 1. The van der Waals surface area contributed by atoms with Gasteiger partial charge in [0.05, 0.1) is 22.8 Å². The van der Waals surface area contributed by atoms with Gasteiger partial charge in [0.15, 0.2) is 11.6 Å². The maximum absolute atomic E-state index is 6.81. The number of aryl methyl sites for hydroxylation is 1. The van der Waals surface area contributed by atoms with Crippen LogP contribution in [0, 0.1) is 5.92 Å². The largest absolute Gasteiger partial charge is 0.382 e. The van der Waals surface area contributed by atoms with Crippen LogP contribution in [0.25, 0.3) is 16.6 Å². The molecule has 2 aliphatic heterocycles. The van der Waals surface area contributed by atoms with Crippen LogP contribution in [0.5, 0.6) is 0 Å². The Morgan fingerprint density at radius 1 is 1.14 bits per heavy atom. The van der Waals surface area contributed by atoms with Gasteiger partial charge in [0, 0.05) is 18.5 Å². The zero-order valence-corrected chi connectivity index (χ0v) is 26.9. The number of aromatic nitrogens is 5. The summed E-state index contributed by atoms with van der Waals surface area (Å²) in [7, 11) is 0. The van der Waals surface area contributed by atoms with E-state index in [4.69, 9.17) is 24.9 Å². The van der Waals surface area contributed by atoms with Gasteiger partial charge in [-0.25, -0.2) is 14.5 Å². The third-order valence-electron chi connectivity index (χ3n) is 10.5. The predicted octanol–water partition coefficient (Wildman–Crippen LogP) is 5.32. The second kappa shape index (κ2) is 9.48. The summed E-state index contributed by atoms with van der Waals surface area (Å²) in [5.41, 5.74) is 11.0. The van der Waals surface area contributed by atoms with Crippen LogP contribution in [-0.4, -0.2) is 71.2 Å². The quantitative estimate of drug-likeness (QED) is 0.293. The molecule has 0 bridgehead atoms. The molecule has 4 aliphatic rings. The minimum absolute atomic E-state index is 0.0565. The Kier molecular flexibility index (Phi) is 6.13. The molecule has 2 saturated carbocycles. The number of ether oxygens (including phenoxy) is 3. The summed E-state index contributed by atoms with van der Waals surface area (Å²) in [6, 6.07) is 11.6. The average Bonchev–Trinajstić information content (AvgIpc) is 3.40. The molecule has 44 heavy (non-hydrogen) atoms. The van der Waals surface area contributed by atoms with E-state index in [-0.39, 0.29) is 29.8 Å². The van der Waals surface area contributed by atoms with Crippen LogP contribution in [0.4, 0.5) is 5.82 Å². The molecule has 234 valence electrons. The number of nitrogen functional groups attached to an aromatic ring is 1. The lowest BCUT2D eigenvalue weighted by molar-refractivity contribution is -0.176. The van der Waals surface area contributed by atoms with Gasteiger partial charge < -0.3 is 24.9 Å². The number of hydrogen-bond donors (Lipinski definition) is 2. The summed E-state index contributed by atoms with van der Waals surface area (Å²) in [4.78, 5) is 15.3. The molecule has 5 atom stereocenters. The average molecular weight is 600 g/mol. The molecule has 1 spiro atoms. The zero-order valence-electron chi connectivity index (χ0n) is 26.9. The molecule has 0 radical (unpaired) electrons. The standard InChI is InChI=1S/C34H45N7O3/c1-18(2)40(21-14-19(15-21)8-13-26-38-22-10-9-20(32(3,4)5)16-23(22)39-26)28-30-34(28)29(43-33(6,7)44-34)27(42-30)24-11-12-25-31(35)36-17-37-41(24)25/h9-12,16-19,21,27-30H,8,13-15H2,1-7H3,(H,38,39)(H2,35,36,37). The Morgan fingerprint density at radius 3 is 2.68 bits per heavy atom. The van der Waals surface area contributed by atoms with E-state index in [0.717, 1.165) is 40.9 Å². The maximum atomic E-state index is 6.81. The monoisotopic (exact) mass is 599 g/mol. The number of nitrogens with two attached hydrogens (primary N) is 1. The first-order valence-electron chi connectivity index (χ1n) is 16.2. The smallest absolute Gasteiger partial charge is 0.164 e. The van der Waals surface area contributed by atoms with Gasteiger partial charge in [-0.1, -0.05) is 26.8 Å². The van der Waals surface area contributed by atoms with Crippen molar-refractivity contribution in [3.8, 4) is 0 Å². The van der Waals surface area contributed by atoms with Gasteiger partial charge in [-0.3, -0.25) is 4.90 Å². The van der Waals surface area contributed by atoms with Crippen LogP contribution in [0.3, 0.4) is 0 Å². The number of imidazole rings is 1. The van der Waals surface area contributed by atoms with Crippen molar-refractivity contribution in [3.05, 3.63) is 53.7 Å². The van der Waals surface area contributed by atoms with Crippen molar-refractivity contribution in [2.75, 3.05) is 5.73 Å². The summed E-state index contributed by atoms with van der Waals surface area (Å²) in [6.07, 6.45) is 5.40. The van der Waals surface area contributed by atoms with Gasteiger partial charge in [0.1, 0.15) is 41.6 Å². The highest BCUT2D eigenvalue weighted by atomic mass is 16.8. The van der Waals surface area contributed by atoms with E-state index < -0.39 is 11.4 Å². The first-order chi connectivity index (χ1) is 20.9. The highest BCUT2D eigenvalue weighted by molar-refractivity contribution is 5.76. The molecule has 4 fully saturated rings. The normalized spacial score (nSPS) is 32.5. The van der Waals surface area contributed by atoms with E-state index >= 15 is 0 Å². The fourth-order valence-corrected chi connectivity index (χ4v) is 8.34. The van der Waals surface area contributed by atoms with E-state index in [0.29, 0.717) is 23.8 Å². The van der Waals surface area contributed by atoms with Gasteiger partial charge in [0.25, 0.3) is 0 Å². The second-order valence-electron chi connectivity index (χ2n) is 15.3. The molecule has 8 rings (SSSR count). The summed E-state index contributed by atoms with van der Waals surface area (Å²) < 4.78 is 22.0. The molecule has 10 nitrogen and oxygen atoms in total. The molecular formula is C34H45N7O3. The Balaban J connectivity index is 0.959. The molecule has 1 aromatic carbocycles. The molecule has 10 heteroatoms. The number of hydrogen-bond acceptors (Lipinski definition) is 8. The van der Waals surface area contributed by atoms with Crippen molar-refractivity contribution in [1.29, 1.82) is 0 Å². The van der Waals surface area contributed by atoms with Crippen LogP contribution < -0.4 is 5.73 Å². The molecule has 2 saturated heterocycles. The van der Waals surface area contributed by atoms with Gasteiger partial charge in [-0.15, -0.1) is 0 Å². The lowest BCUT2D eigenvalue weighted by atomic mass is 9.76. The lowest BCUT2D eigenvalue weighted by Crippen LogP contribution is -2.53. The Hall–Kier alpha value is -3.05. The van der Waals surface area contributed by atoms with Crippen molar-refractivity contribution in [2.24, 2.45) is 5.92 Å². The maximum Gasteiger partial charge on any atom is 0.164 e. The van der Waals surface area contributed by atoms with Gasteiger partial charge in [-0.2, -0.15) is 5.10 Å². The molecule has 5 unspecified atom stereocenters. The molecule has 3 N–H and O–H groups in total. The highest BCUT2D eigenvalue weighted by Gasteiger charge is 2.85. The molecule has 5 heterocycles. The van der Waals surface area contributed by atoms with Crippen LogP contribution >= 0.6 is 0 Å². The first kappa shape index (κ1) is 28.4. The van der Waals surface area contributed by atoms with E-state index in [9.17, 15) is 0 Å². The molecule has 2 aliphatic carbocycles. The van der Waals surface area contributed by atoms with E-state index in [1.807, 2.05) is 30.5 Å². The number of aromatic amines is 1. The second-order valence-corrected chi connectivity index (χ2v) is 15.3. The highest BCUT2D eigenvalue weighted by Crippen LogP contribution is 2.66. The van der Waals surface area contributed by atoms with Gasteiger partial charge in [-0.05, 0) is 88.1 Å². The predicted molar refractivity (Wildman–Crippen MR) is 168 cm³/mol. The molecule has 4 aromatic rings. The molecular weight excluding hydrogens is 554 g/mol. The third-order valence-corrected chi connectivity index (χ3v) is 10.5. The third kappa shape index (κ3) is 4.25. The van der Waals surface area contributed by atoms with E-state index in [2.05, 4.69) is 72.8 Å². The van der Waals surface area contributed by atoms with E-state index in [1.54, 1.807) is 0 Å². The number of nitrogens with zero attached hydrogens (tertiary/aromatic N) is 5. The van der Waals surface area contributed by atoms with Gasteiger partial charge >= 0.3 is 0 Å². The number of fused-ring (bicyclic) bond motifs is 2.